The number of nitrogens with two attached hydrogens (primary N) is 1. The van der Waals surface area contributed by atoms with Crippen molar-refractivity contribution in [2.45, 2.75) is 45.6 Å². The summed E-state index contributed by atoms with van der Waals surface area (Å²) in [6, 6.07) is 0. The highest BCUT2D eigenvalue weighted by atomic mass is 16.1. The van der Waals surface area contributed by atoms with Crippen LogP contribution in [0.1, 0.15) is 38.4 Å². The van der Waals surface area contributed by atoms with E-state index < -0.39 is 0 Å². The van der Waals surface area contributed by atoms with Crippen molar-refractivity contribution in [1.82, 2.24) is 9.55 Å². The maximum absolute atomic E-state index is 12.4. The Morgan fingerprint density at radius 2 is 2.28 bits per heavy atom. The normalized spacial score (nSPS) is 24.1. The first-order chi connectivity index (χ1) is 8.76. The topological polar surface area (TPSA) is 60.9 Å². The second-order valence-electron chi connectivity index (χ2n) is 5.16. The summed E-state index contributed by atoms with van der Waals surface area (Å²) in [5, 5.41) is 0. The summed E-state index contributed by atoms with van der Waals surface area (Å²) in [5.74, 6) is 1.76. The highest BCUT2D eigenvalue weighted by Crippen LogP contribution is 2.30. The molecule has 1 saturated carbocycles. The second-order valence-corrected chi connectivity index (χ2v) is 5.16. The molecule has 0 spiro atoms. The molecule has 4 heteroatoms. The van der Waals surface area contributed by atoms with Crippen LogP contribution in [0.15, 0.2) is 12.4 Å². The largest absolute Gasteiger partial charge is 0.335 e. The lowest BCUT2D eigenvalue weighted by Gasteiger charge is -2.29. The third-order valence-electron chi connectivity index (χ3n) is 4.10. The smallest absolute Gasteiger partial charge is 0.143 e. The second kappa shape index (κ2) is 6.14. The van der Waals surface area contributed by atoms with Crippen molar-refractivity contribution >= 4 is 5.78 Å². The standard InChI is InChI=1S/C14H23N3O/c1-2-17-8-7-16-14(17)9-13(18)12-6-4-3-5-11(12)10-15/h7-8,11-12H,2-6,9-10,15H2,1H3. The third kappa shape index (κ3) is 2.80. The predicted octanol–water partition coefficient (Wildman–Crippen LogP) is 1.78. The highest BCUT2D eigenvalue weighted by molar-refractivity contribution is 5.83. The van der Waals surface area contributed by atoms with E-state index in [1.807, 2.05) is 10.8 Å². The minimum atomic E-state index is 0.158. The first-order valence-electron chi connectivity index (χ1n) is 6.99. The molecule has 1 fully saturated rings. The van der Waals surface area contributed by atoms with Gasteiger partial charge in [0.15, 0.2) is 0 Å². The Labute approximate surface area is 109 Å². The Kier molecular flexibility index (Phi) is 4.53. The number of carbonyl (C=O) groups is 1. The van der Waals surface area contributed by atoms with Crippen molar-refractivity contribution in [2.75, 3.05) is 6.54 Å². The van der Waals surface area contributed by atoms with E-state index in [0.29, 0.717) is 24.7 Å². The summed E-state index contributed by atoms with van der Waals surface area (Å²) < 4.78 is 2.04. The third-order valence-corrected chi connectivity index (χ3v) is 4.10. The number of carbonyl (C=O) groups excluding carboxylic acids is 1. The van der Waals surface area contributed by atoms with E-state index in [9.17, 15) is 4.79 Å². The molecular weight excluding hydrogens is 226 g/mol. The van der Waals surface area contributed by atoms with Crippen LogP contribution in [-0.2, 0) is 17.8 Å². The van der Waals surface area contributed by atoms with Crippen molar-refractivity contribution < 1.29 is 4.79 Å². The molecular formula is C14H23N3O. The summed E-state index contributed by atoms with van der Waals surface area (Å²) in [7, 11) is 0. The van der Waals surface area contributed by atoms with Crippen LogP contribution in [-0.4, -0.2) is 21.9 Å². The van der Waals surface area contributed by atoms with Crippen LogP contribution in [0, 0.1) is 11.8 Å². The van der Waals surface area contributed by atoms with E-state index in [4.69, 9.17) is 5.73 Å². The van der Waals surface area contributed by atoms with E-state index >= 15 is 0 Å². The molecule has 1 aromatic heterocycles. The zero-order valence-electron chi connectivity index (χ0n) is 11.1. The minimum Gasteiger partial charge on any atom is -0.335 e. The number of nitrogens with zero attached hydrogens (tertiary/aromatic N) is 2. The number of imidazole rings is 1. The molecule has 1 aliphatic rings. The van der Waals surface area contributed by atoms with E-state index in [-0.39, 0.29) is 5.92 Å². The van der Waals surface area contributed by atoms with Gasteiger partial charge in [0, 0.05) is 24.9 Å². The van der Waals surface area contributed by atoms with Crippen molar-refractivity contribution in [1.29, 1.82) is 0 Å². The summed E-state index contributed by atoms with van der Waals surface area (Å²) in [6.45, 7) is 3.57. The van der Waals surface area contributed by atoms with Gasteiger partial charge in [-0.15, -0.1) is 0 Å². The van der Waals surface area contributed by atoms with Crippen molar-refractivity contribution in [2.24, 2.45) is 17.6 Å². The molecule has 0 radical (unpaired) electrons. The molecule has 0 aliphatic heterocycles. The van der Waals surface area contributed by atoms with Crippen LogP contribution in [0.3, 0.4) is 0 Å². The summed E-state index contributed by atoms with van der Waals surface area (Å²) >= 11 is 0. The van der Waals surface area contributed by atoms with Crippen LogP contribution in [0.5, 0.6) is 0 Å². The van der Waals surface area contributed by atoms with Gasteiger partial charge in [0.1, 0.15) is 11.6 Å². The number of aryl methyl sites for hydroxylation is 1. The van der Waals surface area contributed by atoms with Crippen molar-refractivity contribution in [3.8, 4) is 0 Å². The van der Waals surface area contributed by atoms with Crippen LogP contribution >= 0.6 is 0 Å². The molecule has 100 valence electrons. The van der Waals surface area contributed by atoms with Gasteiger partial charge in [-0.1, -0.05) is 12.8 Å². The maximum atomic E-state index is 12.4. The first-order valence-corrected chi connectivity index (χ1v) is 6.99. The first kappa shape index (κ1) is 13.3. The molecule has 0 saturated heterocycles. The maximum Gasteiger partial charge on any atom is 0.143 e. The number of rotatable bonds is 5. The average molecular weight is 249 g/mol. The number of hydrogen-bond acceptors (Lipinski definition) is 3. The fourth-order valence-electron chi connectivity index (χ4n) is 3.00. The minimum absolute atomic E-state index is 0.158. The summed E-state index contributed by atoms with van der Waals surface area (Å²) in [5.41, 5.74) is 5.79. The number of Topliss-reactive ketones (excluding diaryl/α,β-unsaturated/α-hetero) is 1. The molecule has 0 bridgehead atoms. The van der Waals surface area contributed by atoms with Crippen molar-refractivity contribution in [3.05, 3.63) is 18.2 Å². The summed E-state index contributed by atoms with van der Waals surface area (Å²) in [4.78, 5) is 16.7. The van der Waals surface area contributed by atoms with Gasteiger partial charge < -0.3 is 10.3 Å². The van der Waals surface area contributed by atoms with Gasteiger partial charge >= 0.3 is 0 Å². The fraction of sp³-hybridized carbons (Fsp3) is 0.714. The van der Waals surface area contributed by atoms with Crippen LogP contribution < -0.4 is 5.73 Å². The van der Waals surface area contributed by atoms with Crippen molar-refractivity contribution in [3.63, 3.8) is 0 Å². The monoisotopic (exact) mass is 249 g/mol. The Hall–Kier alpha value is -1.16. The Bertz CT molecular complexity index is 399. The van der Waals surface area contributed by atoms with E-state index in [1.54, 1.807) is 6.20 Å². The Morgan fingerprint density at radius 1 is 1.50 bits per heavy atom. The van der Waals surface area contributed by atoms with Gasteiger partial charge in [-0.3, -0.25) is 4.79 Å². The number of aromatic nitrogens is 2. The van der Waals surface area contributed by atoms with Crippen LogP contribution in [0.25, 0.3) is 0 Å². The van der Waals surface area contributed by atoms with Gasteiger partial charge in [-0.05, 0) is 32.2 Å². The quantitative estimate of drug-likeness (QED) is 0.865. The molecule has 2 N–H and O–H groups in total. The van der Waals surface area contributed by atoms with E-state index in [1.165, 1.54) is 6.42 Å². The summed E-state index contributed by atoms with van der Waals surface area (Å²) in [6.07, 6.45) is 8.66. The number of ketones is 1. The molecule has 1 aromatic rings. The Morgan fingerprint density at radius 3 is 3.00 bits per heavy atom. The van der Waals surface area contributed by atoms with E-state index in [0.717, 1.165) is 31.6 Å². The molecule has 4 nitrogen and oxygen atoms in total. The molecule has 18 heavy (non-hydrogen) atoms. The zero-order chi connectivity index (χ0) is 13.0. The van der Waals surface area contributed by atoms with Crippen LogP contribution in [0.2, 0.25) is 0 Å². The average Bonchev–Trinajstić information content (AvgIpc) is 2.85. The lowest BCUT2D eigenvalue weighted by Crippen LogP contribution is -2.33. The Balaban J connectivity index is 2.02. The lowest BCUT2D eigenvalue weighted by molar-refractivity contribution is -0.124. The van der Waals surface area contributed by atoms with Gasteiger partial charge in [-0.25, -0.2) is 4.98 Å². The number of hydrogen-bond donors (Lipinski definition) is 1. The van der Waals surface area contributed by atoms with Gasteiger partial charge in [0.25, 0.3) is 0 Å². The molecule has 0 amide bonds. The molecule has 1 aliphatic carbocycles. The molecule has 0 aromatic carbocycles. The van der Waals surface area contributed by atoms with Gasteiger partial charge in [0.05, 0.1) is 6.42 Å². The zero-order valence-corrected chi connectivity index (χ0v) is 11.1. The van der Waals surface area contributed by atoms with Crippen LogP contribution in [0.4, 0.5) is 0 Å². The van der Waals surface area contributed by atoms with Gasteiger partial charge in [-0.2, -0.15) is 0 Å². The van der Waals surface area contributed by atoms with E-state index in [2.05, 4.69) is 11.9 Å². The molecule has 1 heterocycles. The molecule has 2 unspecified atom stereocenters. The predicted molar refractivity (Wildman–Crippen MR) is 71.1 cm³/mol. The van der Waals surface area contributed by atoms with Gasteiger partial charge in [0.2, 0.25) is 0 Å². The highest BCUT2D eigenvalue weighted by Gasteiger charge is 2.30. The SMILES string of the molecule is CCn1ccnc1CC(=O)C1CCCCC1CN. The fourth-order valence-corrected chi connectivity index (χ4v) is 3.00. The lowest BCUT2D eigenvalue weighted by atomic mass is 9.76. The molecule has 2 atom stereocenters. The molecule has 2 rings (SSSR count).